The number of aryl methyl sites for hydroxylation is 1. The average Bonchev–Trinajstić information content (AvgIpc) is 3.29. The van der Waals surface area contributed by atoms with E-state index in [1.165, 1.54) is 76.5 Å². The third kappa shape index (κ3) is 3.89. The van der Waals surface area contributed by atoms with Crippen LogP contribution >= 0.6 is 11.8 Å². The molecular formula is C30H30N2S. The molecule has 0 spiro atoms. The molecule has 2 aliphatic heterocycles. The highest BCUT2D eigenvalue weighted by molar-refractivity contribution is 8.00. The molecule has 166 valence electrons. The first kappa shape index (κ1) is 20.7. The van der Waals surface area contributed by atoms with E-state index >= 15 is 0 Å². The Morgan fingerprint density at radius 1 is 0.879 bits per heavy atom. The maximum atomic E-state index is 3.76. The van der Waals surface area contributed by atoms with E-state index in [4.69, 9.17) is 0 Å². The van der Waals surface area contributed by atoms with Crippen LogP contribution in [0.5, 0.6) is 0 Å². The van der Waals surface area contributed by atoms with Crippen molar-refractivity contribution in [3.05, 3.63) is 102 Å². The minimum atomic E-state index is 0.247. The van der Waals surface area contributed by atoms with E-state index in [1.54, 1.807) is 0 Å². The Hall–Kier alpha value is -2.91. The number of hydrogen-bond donors (Lipinski definition) is 1. The molecule has 2 nitrogen and oxygen atoms in total. The zero-order chi connectivity index (χ0) is 22.2. The molecule has 0 amide bonds. The molecule has 1 saturated carbocycles. The van der Waals surface area contributed by atoms with E-state index in [0.29, 0.717) is 5.92 Å². The molecule has 33 heavy (non-hydrogen) atoms. The summed E-state index contributed by atoms with van der Waals surface area (Å²) in [6.07, 6.45) is 11.5. The van der Waals surface area contributed by atoms with Gasteiger partial charge in [0.2, 0.25) is 0 Å². The van der Waals surface area contributed by atoms with Crippen molar-refractivity contribution in [3.8, 4) is 0 Å². The predicted octanol–water partition coefficient (Wildman–Crippen LogP) is 8.54. The van der Waals surface area contributed by atoms with Gasteiger partial charge in [0.25, 0.3) is 0 Å². The SMILES string of the molecule is Cc1cccc2c1NC(C=C1C=C(C3CCCCC3)N(c3ccccc3)c3ccccc31)S2. The molecule has 3 aromatic carbocycles. The lowest BCUT2D eigenvalue weighted by Crippen LogP contribution is -2.27. The lowest BCUT2D eigenvalue weighted by Gasteiger charge is -2.39. The zero-order valence-electron chi connectivity index (χ0n) is 19.1. The molecular weight excluding hydrogens is 420 g/mol. The number of allylic oxidation sites excluding steroid dienone is 3. The van der Waals surface area contributed by atoms with E-state index in [1.807, 2.05) is 11.8 Å². The van der Waals surface area contributed by atoms with Gasteiger partial charge in [-0.25, -0.2) is 0 Å². The van der Waals surface area contributed by atoms with Gasteiger partial charge < -0.3 is 10.2 Å². The van der Waals surface area contributed by atoms with E-state index in [0.717, 1.165) is 0 Å². The maximum Gasteiger partial charge on any atom is 0.0966 e. The van der Waals surface area contributed by atoms with Crippen molar-refractivity contribution in [2.45, 2.75) is 49.3 Å². The Labute approximate surface area is 201 Å². The molecule has 0 bridgehead atoms. The zero-order valence-corrected chi connectivity index (χ0v) is 19.9. The minimum Gasteiger partial charge on any atom is -0.369 e. The standard InChI is InChI=1S/C30H30N2S/c1-21-11-10-18-28-30(21)31-29(33-28)20-23-19-27(22-12-4-2-5-13-22)32(24-14-6-3-7-15-24)26-17-9-8-16-25(23)26/h3,6-11,14-20,22,29,31H,2,4-5,12-13H2,1H3. The summed E-state index contributed by atoms with van der Waals surface area (Å²) in [6, 6.07) is 26.4. The van der Waals surface area contributed by atoms with Gasteiger partial charge in [0.05, 0.1) is 16.7 Å². The van der Waals surface area contributed by atoms with Crippen LogP contribution in [0.4, 0.5) is 17.1 Å². The van der Waals surface area contributed by atoms with Crippen LogP contribution in [0, 0.1) is 12.8 Å². The number of hydrogen-bond acceptors (Lipinski definition) is 3. The number of nitrogens with one attached hydrogen (secondary N) is 1. The number of benzene rings is 3. The molecule has 1 N–H and O–H groups in total. The monoisotopic (exact) mass is 450 g/mol. The lowest BCUT2D eigenvalue weighted by molar-refractivity contribution is 0.399. The second-order valence-corrected chi connectivity index (χ2v) is 10.5. The highest BCUT2D eigenvalue weighted by Gasteiger charge is 2.31. The van der Waals surface area contributed by atoms with E-state index in [2.05, 4.69) is 102 Å². The van der Waals surface area contributed by atoms with Gasteiger partial charge in [-0.1, -0.05) is 79.6 Å². The van der Waals surface area contributed by atoms with Crippen LogP contribution in [0.2, 0.25) is 0 Å². The predicted molar refractivity (Wildman–Crippen MR) is 142 cm³/mol. The van der Waals surface area contributed by atoms with Crippen LogP contribution in [-0.4, -0.2) is 5.37 Å². The largest absolute Gasteiger partial charge is 0.369 e. The first-order valence-corrected chi connectivity index (χ1v) is 13.1. The topological polar surface area (TPSA) is 15.3 Å². The smallest absolute Gasteiger partial charge is 0.0966 e. The van der Waals surface area contributed by atoms with E-state index in [-0.39, 0.29) is 5.37 Å². The molecule has 1 fully saturated rings. The van der Waals surface area contributed by atoms with Crippen molar-refractivity contribution >= 4 is 34.4 Å². The molecule has 3 aromatic rings. The second-order valence-electron chi connectivity index (χ2n) is 9.35. The van der Waals surface area contributed by atoms with Crippen molar-refractivity contribution < 1.29 is 0 Å². The van der Waals surface area contributed by atoms with Gasteiger partial charge >= 0.3 is 0 Å². The molecule has 1 unspecified atom stereocenters. The third-order valence-electron chi connectivity index (χ3n) is 7.16. The van der Waals surface area contributed by atoms with Gasteiger partial charge in [-0.05, 0) is 73.2 Å². The molecule has 0 saturated heterocycles. The molecule has 1 atom stereocenters. The number of thioether (sulfide) groups is 1. The van der Waals surface area contributed by atoms with Gasteiger partial charge in [0.1, 0.15) is 0 Å². The Balaban J connectivity index is 1.45. The summed E-state index contributed by atoms with van der Waals surface area (Å²) in [5.74, 6) is 0.611. The summed E-state index contributed by atoms with van der Waals surface area (Å²) in [7, 11) is 0. The fourth-order valence-corrected chi connectivity index (χ4v) is 6.69. The number of nitrogens with zero attached hydrogens (tertiary/aromatic N) is 1. The van der Waals surface area contributed by atoms with Gasteiger partial charge in [0.15, 0.2) is 0 Å². The van der Waals surface area contributed by atoms with Crippen LogP contribution in [0.3, 0.4) is 0 Å². The lowest BCUT2D eigenvalue weighted by atomic mass is 9.83. The van der Waals surface area contributed by atoms with E-state index in [9.17, 15) is 0 Å². The number of anilines is 3. The van der Waals surface area contributed by atoms with Crippen LogP contribution < -0.4 is 10.2 Å². The normalized spacial score (nSPS) is 21.4. The highest BCUT2D eigenvalue weighted by Crippen LogP contribution is 2.47. The molecule has 3 aliphatic rings. The van der Waals surface area contributed by atoms with E-state index < -0.39 is 0 Å². The van der Waals surface area contributed by atoms with Crippen molar-refractivity contribution in [2.75, 3.05) is 10.2 Å². The maximum absolute atomic E-state index is 3.76. The minimum absolute atomic E-state index is 0.247. The Kier molecular flexibility index (Phi) is 5.51. The highest BCUT2D eigenvalue weighted by atomic mass is 32.2. The third-order valence-corrected chi connectivity index (χ3v) is 8.26. The molecule has 1 aliphatic carbocycles. The Morgan fingerprint density at radius 2 is 1.67 bits per heavy atom. The first-order chi connectivity index (χ1) is 16.3. The number of para-hydroxylation sites is 3. The van der Waals surface area contributed by atoms with Crippen molar-refractivity contribution in [1.29, 1.82) is 0 Å². The van der Waals surface area contributed by atoms with Crippen LogP contribution in [0.15, 0.2) is 95.5 Å². The van der Waals surface area contributed by atoms with Crippen LogP contribution in [-0.2, 0) is 0 Å². The summed E-state index contributed by atoms with van der Waals surface area (Å²) in [6.45, 7) is 2.19. The fourth-order valence-electron chi connectivity index (χ4n) is 5.53. The van der Waals surface area contributed by atoms with Crippen molar-refractivity contribution in [2.24, 2.45) is 5.92 Å². The Morgan fingerprint density at radius 3 is 2.48 bits per heavy atom. The first-order valence-electron chi connectivity index (χ1n) is 12.2. The summed E-state index contributed by atoms with van der Waals surface area (Å²) in [5.41, 5.74) is 9.29. The molecule has 6 rings (SSSR count). The summed E-state index contributed by atoms with van der Waals surface area (Å²) in [4.78, 5) is 3.87. The van der Waals surface area contributed by atoms with Gasteiger partial charge in [-0.2, -0.15) is 0 Å². The number of fused-ring (bicyclic) bond motifs is 2. The molecule has 0 radical (unpaired) electrons. The average molecular weight is 451 g/mol. The van der Waals surface area contributed by atoms with Crippen LogP contribution in [0.1, 0.15) is 43.2 Å². The summed E-state index contributed by atoms with van der Waals surface area (Å²) < 4.78 is 0. The molecule has 3 heteroatoms. The van der Waals surface area contributed by atoms with Gasteiger partial charge in [0, 0.05) is 21.8 Å². The van der Waals surface area contributed by atoms with Gasteiger partial charge in [-0.3, -0.25) is 0 Å². The quantitative estimate of drug-likeness (QED) is 0.430. The fraction of sp³-hybridized carbons (Fsp3) is 0.267. The summed E-state index contributed by atoms with van der Waals surface area (Å²) >= 11 is 1.92. The van der Waals surface area contributed by atoms with Crippen molar-refractivity contribution in [1.82, 2.24) is 0 Å². The summed E-state index contributed by atoms with van der Waals surface area (Å²) in [5, 5.41) is 4.01. The number of rotatable bonds is 3. The van der Waals surface area contributed by atoms with Gasteiger partial charge in [-0.15, -0.1) is 0 Å². The van der Waals surface area contributed by atoms with Crippen LogP contribution in [0.25, 0.3) is 5.57 Å². The molecule has 2 heterocycles. The second kappa shape index (κ2) is 8.79. The van der Waals surface area contributed by atoms with Crippen molar-refractivity contribution in [3.63, 3.8) is 0 Å². The Bertz CT molecular complexity index is 1220. The molecule has 0 aromatic heterocycles.